The molecule has 0 aromatic heterocycles. The van der Waals surface area contributed by atoms with Gasteiger partial charge in [0.25, 0.3) is 0 Å². The van der Waals surface area contributed by atoms with Gasteiger partial charge in [-0.1, -0.05) is 0 Å². The average molecular weight is 406 g/mol. The molecule has 4 rings (SSSR count). The van der Waals surface area contributed by atoms with E-state index in [0.717, 1.165) is 11.9 Å². The van der Waals surface area contributed by atoms with Crippen LogP contribution < -0.4 is 10.2 Å². The van der Waals surface area contributed by atoms with Gasteiger partial charge in [0.15, 0.2) is 15.6 Å². The highest BCUT2D eigenvalue weighted by molar-refractivity contribution is 7.90. The number of carbonyl (C=O) groups is 3. The van der Waals surface area contributed by atoms with Gasteiger partial charge in [-0.25, -0.2) is 8.42 Å². The highest BCUT2D eigenvalue weighted by Gasteiger charge is 2.62. The van der Waals surface area contributed by atoms with Crippen LogP contribution >= 0.6 is 0 Å². The van der Waals surface area contributed by atoms with Crippen LogP contribution in [0.1, 0.15) is 25.8 Å². The molecule has 0 saturated carbocycles. The zero-order chi connectivity index (χ0) is 20.4. The SMILES string of the molecule is C[C@@H]1CN2c3ccc(S(C)(=O)=O)cc3C[C@@]3(C(=O)CC(=O)NC3=O)[C@H]2[C@H](C)O1. The van der Waals surface area contributed by atoms with Crippen LogP contribution in [0.4, 0.5) is 5.69 Å². The number of imide groups is 1. The van der Waals surface area contributed by atoms with Gasteiger partial charge >= 0.3 is 0 Å². The fourth-order valence-electron chi connectivity index (χ4n) is 4.85. The van der Waals surface area contributed by atoms with Crippen molar-refractivity contribution in [2.24, 2.45) is 5.41 Å². The van der Waals surface area contributed by atoms with Crippen LogP contribution in [0.3, 0.4) is 0 Å². The van der Waals surface area contributed by atoms with Crippen molar-refractivity contribution in [2.75, 3.05) is 17.7 Å². The van der Waals surface area contributed by atoms with Gasteiger partial charge in [-0.2, -0.15) is 0 Å². The number of sulfone groups is 1. The standard InChI is InChI=1S/C19H22N2O6S/c1-10-9-21-14-5-4-13(28(3,25)26)6-12(14)8-19(17(21)11(2)27-10)15(22)7-16(23)20-18(19)24/h4-6,10-11,17H,7-9H2,1-3H3,(H,20,23,24)/t10-,11+,17-,19-/m1/s1. The van der Waals surface area contributed by atoms with E-state index in [1.165, 1.54) is 6.07 Å². The Morgan fingerprint density at radius 1 is 1.21 bits per heavy atom. The number of nitrogens with zero attached hydrogens (tertiary/aromatic N) is 1. The Hall–Kier alpha value is -2.26. The molecule has 8 nitrogen and oxygen atoms in total. The predicted molar refractivity (Wildman–Crippen MR) is 99.6 cm³/mol. The normalized spacial score (nSPS) is 32.8. The van der Waals surface area contributed by atoms with Crippen molar-refractivity contribution >= 4 is 33.1 Å². The molecule has 0 unspecified atom stereocenters. The number of nitrogens with one attached hydrogen (secondary N) is 1. The van der Waals surface area contributed by atoms with E-state index in [1.54, 1.807) is 12.1 Å². The van der Waals surface area contributed by atoms with Gasteiger partial charge in [-0.05, 0) is 44.0 Å². The lowest BCUT2D eigenvalue weighted by Crippen LogP contribution is -2.72. The number of benzene rings is 1. The van der Waals surface area contributed by atoms with E-state index in [1.807, 2.05) is 18.7 Å². The van der Waals surface area contributed by atoms with Crippen molar-refractivity contribution in [2.45, 2.75) is 49.8 Å². The number of carbonyl (C=O) groups excluding carboxylic acids is 3. The number of fused-ring (bicyclic) bond motifs is 4. The maximum Gasteiger partial charge on any atom is 0.242 e. The Bertz CT molecular complexity index is 982. The number of morpholine rings is 1. The summed E-state index contributed by atoms with van der Waals surface area (Å²) in [6, 6.07) is 4.23. The molecule has 0 aliphatic carbocycles. The molecule has 0 radical (unpaired) electrons. The summed E-state index contributed by atoms with van der Waals surface area (Å²) in [5, 5.41) is 2.31. The minimum atomic E-state index is -3.45. The molecular weight excluding hydrogens is 384 g/mol. The third-order valence-electron chi connectivity index (χ3n) is 5.92. The van der Waals surface area contributed by atoms with Gasteiger partial charge in [-0.3, -0.25) is 19.7 Å². The molecule has 2 amide bonds. The summed E-state index contributed by atoms with van der Waals surface area (Å²) in [7, 11) is -3.45. The minimum absolute atomic E-state index is 0.0346. The largest absolute Gasteiger partial charge is 0.372 e. The first-order valence-electron chi connectivity index (χ1n) is 9.16. The molecule has 150 valence electrons. The van der Waals surface area contributed by atoms with Crippen molar-refractivity contribution in [3.8, 4) is 0 Å². The van der Waals surface area contributed by atoms with Crippen LogP contribution in [0.5, 0.6) is 0 Å². The van der Waals surface area contributed by atoms with E-state index in [4.69, 9.17) is 4.74 Å². The molecule has 1 N–H and O–H groups in total. The molecule has 28 heavy (non-hydrogen) atoms. The Labute approximate surface area is 163 Å². The summed E-state index contributed by atoms with van der Waals surface area (Å²) < 4.78 is 30.0. The van der Waals surface area contributed by atoms with E-state index < -0.39 is 45.0 Å². The molecule has 3 heterocycles. The molecule has 2 fully saturated rings. The summed E-state index contributed by atoms with van der Waals surface area (Å²) in [6.07, 6.45) is 0.222. The number of ketones is 1. The zero-order valence-electron chi connectivity index (χ0n) is 15.9. The molecule has 3 aliphatic rings. The lowest BCUT2D eigenvalue weighted by Gasteiger charge is -2.55. The van der Waals surface area contributed by atoms with Crippen molar-refractivity contribution < 1.29 is 27.5 Å². The number of hydrogen-bond acceptors (Lipinski definition) is 7. The zero-order valence-corrected chi connectivity index (χ0v) is 16.7. The number of amides is 2. The third kappa shape index (κ3) is 2.68. The molecule has 0 bridgehead atoms. The fourth-order valence-corrected chi connectivity index (χ4v) is 5.52. The Balaban J connectivity index is 1.93. The Morgan fingerprint density at radius 2 is 1.93 bits per heavy atom. The molecule has 2 saturated heterocycles. The second-order valence-electron chi connectivity index (χ2n) is 7.94. The van der Waals surface area contributed by atoms with Crippen LogP contribution in [0, 0.1) is 5.41 Å². The van der Waals surface area contributed by atoms with Crippen LogP contribution in [0.25, 0.3) is 0 Å². The first-order chi connectivity index (χ1) is 13.0. The predicted octanol–water partition coefficient (Wildman–Crippen LogP) is 0.230. The lowest BCUT2D eigenvalue weighted by atomic mass is 9.63. The van der Waals surface area contributed by atoms with Gasteiger partial charge in [0, 0.05) is 18.5 Å². The quantitative estimate of drug-likeness (QED) is 0.525. The van der Waals surface area contributed by atoms with Crippen LogP contribution in [-0.2, 0) is 35.4 Å². The smallest absolute Gasteiger partial charge is 0.242 e. The summed E-state index contributed by atoms with van der Waals surface area (Å²) in [4.78, 5) is 40.0. The molecule has 3 aliphatic heterocycles. The van der Waals surface area contributed by atoms with E-state index >= 15 is 0 Å². The molecule has 1 spiro atoms. The summed E-state index contributed by atoms with van der Waals surface area (Å²) in [5.41, 5.74) is -0.0859. The van der Waals surface area contributed by atoms with E-state index in [-0.39, 0.29) is 23.8 Å². The van der Waals surface area contributed by atoms with Crippen LogP contribution in [0.15, 0.2) is 23.1 Å². The molecular formula is C19H22N2O6S. The summed E-state index contributed by atoms with van der Waals surface area (Å²) in [6.45, 7) is 4.18. The number of Topliss-reactive ketones (excluding diaryl/α,β-unsaturated/α-hetero) is 1. The second kappa shape index (κ2) is 6.12. The van der Waals surface area contributed by atoms with Crippen LogP contribution in [-0.4, -0.2) is 57.1 Å². The molecule has 1 aromatic rings. The number of hydrogen-bond donors (Lipinski definition) is 1. The van der Waals surface area contributed by atoms with E-state index in [2.05, 4.69) is 5.32 Å². The third-order valence-corrected chi connectivity index (χ3v) is 7.03. The van der Waals surface area contributed by atoms with Gasteiger partial charge in [-0.15, -0.1) is 0 Å². The average Bonchev–Trinajstić information content (AvgIpc) is 2.57. The highest BCUT2D eigenvalue weighted by atomic mass is 32.2. The first kappa shape index (κ1) is 19.1. The lowest BCUT2D eigenvalue weighted by molar-refractivity contribution is -0.158. The second-order valence-corrected chi connectivity index (χ2v) is 9.95. The molecule has 9 heteroatoms. The van der Waals surface area contributed by atoms with Crippen molar-refractivity contribution in [1.82, 2.24) is 5.32 Å². The summed E-state index contributed by atoms with van der Waals surface area (Å²) >= 11 is 0. The van der Waals surface area contributed by atoms with E-state index in [0.29, 0.717) is 12.1 Å². The van der Waals surface area contributed by atoms with Crippen molar-refractivity contribution in [3.63, 3.8) is 0 Å². The topological polar surface area (TPSA) is 110 Å². The van der Waals surface area contributed by atoms with Gasteiger partial charge in [0.2, 0.25) is 11.8 Å². The Kier molecular flexibility index (Phi) is 4.17. The number of piperidine rings is 1. The minimum Gasteiger partial charge on any atom is -0.372 e. The monoisotopic (exact) mass is 406 g/mol. The van der Waals surface area contributed by atoms with E-state index in [9.17, 15) is 22.8 Å². The maximum atomic E-state index is 13.1. The molecule has 4 atom stereocenters. The first-order valence-corrected chi connectivity index (χ1v) is 11.1. The Morgan fingerprint density at radius 3 is 2.57 bits per heavy atom. The number of rotatable bonds is 1. The maximum absolute atomic E-state index is 13.1. The van der Waals surface area contributed by atoms with Crippen molar-refractivity contribution in [3.05, 3.63) is 23.8 Å². The number of anilines is 1. The van der Waals surface area contributed by atoms with Crippen molar-refractivity contribution in [1.29, 1.82) is 0 Å². The van der Waals surface area contributed by atoms with Gasteiger partial charge in [0.05, 0.1) is 29.6 Å². The molecule has 1 aromatic carbocycles. The highest BCUT2D eigenvalue weighted by Crippen LogP contribution is 2.48. The summed E-state index contributed by atoms with van der Waals surface area (Å²) in [5.74, 6) is -1.69. The number of ether oxygens (including phenoxy) is 1. The fraction of sp³-hybridized carbons (Fsp3) is 0.526. The van der Waals surface area contributed by atoms with Gasteiger partial charge in [0.1, 0.15) is 5.41 Å². The van der Waals surface area contributed by atoms with Crippen LogP contribution in [0.2, 0.25) is 0 Å². The van der Waals surface area contributed by atoms with Gasteiger partial charge < -0.3 is 9.64 Å².